The molecule has 0 aliphatic carbocycles. The van der Waals surface area contributed by atoms with Crippen molar-refractivity contribution in [2.24, 2.45) is 5.84 Å². The molecule has 2 aromatic rings. The fourth-order valence-electron chi connectivity index (χ4n) is 2.44. The van der Waals surface area contributed by atoms with Crippen molar-refractivity contribution in [1.82, 2.24) is 5.43 Å². The van der Waals surface area contributed by atoms with Crippen molar-refractivity contribution in [2.45, 2.75) is 32.2 Å². The molecule has 2 nitrogen and oxygen atoms in total. The lowest BCUT2D eigenvalue weighted by molar-refractivity contribution is 0.488. The number of halogens is 2. The first-order valence-electron chi connectivity index (χ1n) is 7.05. The molecule has 0 saturated heterocycles. The Balaban J connectivity index is 2.01. The number of hydrazine groups is 1. The molecule has 21 heavy (non-hydrogen) atoms. The van der Waals surface area contributed by atoms with Gasteiger partial charge in [-0.3, -0.25) is 11.3 Å². The van der Waals surface area contributed by atoms with Crippen molar-refractivity contribution in [3.8, 4) is 0 Å². The summed E-state index contributed by atoms with van der Waals surface area (Å²) in [5.74, 6) is 5.42. The first-order chi connectivity index (χ1) is 10.1. The van der Waals surface area contributed by atoms with E-state index in [1.54, 1.807) is 6.07 Å². The van der Waals surface area contributed by atoms with Crippen molar-refractivity contribution in [2.75, 3.05) is 0 Å². The molecule has 0 spiro atoms. The van der Waals surface area contributed by atoms with Gasteiger partial charge in [-0.2, -0.15) is 0 Å². The van der Waals surface area contributed by atoms with Crippen LogP contribution in [0.4, 0.5) is 4.39 Å². The van der Waals surface area contributed by atoms with Gasteiger partial charge in [0.1, 0.15) is 5.82 Å². The maximum absolute atomic E-state index is 13.5. The molecule has 0 amide bonds. The van der Waals surface area contributed by atoms with Gasteiger partial charge in [0.15, 0.2) is 0 Å². The summed E-state index contributed by atoms with van der Waals surface area (Å²) in [5.41, 5.74) is 6.40. The third-order valence-corrected chi connectivity index (χ3v) is 4.65. The third-order valence-electron chi connectivity index (χ3n) is 3.76. The molecule has 2 rings (SSSR count). The Bertz CT molecular complexity index is 601. The quantitative estimate of drug-likeness (QED) is 0.612. The summed E-state index contributed by atoms with van der Waals surface area (Å²) >= 11 is 3.30. The molecule has 2 aromatic carbocycles. The number of nitrogens with two attached hydrogens (primary N) is 1. The standard InChI is InChI=1S/C17H20BrFN2/c1-12-5-2-3-6-13(12)9-10-15(21-20)11-14-7-4-8-16(19)17(14)18/h2-8,15,21H,9-11,20H2,1H3. The van der Waals surface area contributed by atoms with Gasteiger partial charge >= 0.3 is 0 Å². The maximum Gasteiger partial charge on any atom is 0.137 e. The number of hydrogen-bond donors (Lipinski definition) is 2. The molecule has 4 heteroatoms. The zero-order chi connectivity index (χ0) is 15.2. The van der Waals surface area contributed by atoms with Crippen LogP contribution < -0.4 is 11.3 Å². The van der Waals surface area contributed by atoms with Gasteiger partial charge in [-0.1, -0.05) is 36.4 Å². The zero-order valence-electron chi connectivity index (χ0n) is 12.1. The van der Waals surface area contributed by atoms with E-state index in [4.69, 9.17) is 5.84 Å². The monoisotopic (exact) mass is 350 g/mol. The molecule has 0 aliphatic heterocycles. The molecule has 0 heterocycles. The molecule has 0 aliphatic rings. The third kappa shape index (κ3) is 4.37. The van der Waals surface area contributed by atoms with Gasteiger partial charge in [0.05, 0.1) is 4.47 Å². The van der Waals surface area contributed by atoms with E-state index in [1.165, 1.54) is 17.2 Å². The Morgan fingerprint density at radius 3 is 2.57 bits per heavy atom. The second-order valence-corrected chi connectivity index (χ2v) is 6.04. The molecule has 1 unspecified atom stereocenters. The number of rotatable bonds is 6. The van der Waals surface area contributed by atoms with Gasteiger partial charge in [0.2, 0.25) is 0 Å². The van der Waals surface area contributed by atoms with Gasteiger partial charge < -0.3 is 0 Å². The van der Waals surface area contributed by atoms with Crippen LogP contribution in [-0.2, 0) is 12.8 Å². The number of aryl methyl sites for hydroxylation is 2. The average Bonchev–Trinajstić information content (AvgIpc) is 2.49. The highest BCUT2D eigenvalue weighted by Crippen LogP contribution is 2.22. The highest BCUT2D eigenvalue weighted by atomic mass is 79.9. The van der Waals surface area contributed by atoms with E-state index in [-0.39, 0.29) is 11.9 Å². The van der Waals surface area contributed by atoms with E-state index in [1.807, 2.05) is 12.1 Å². The predicted molar refractivity (Wildman–Crippen MR) is 88.4 cm³/mol. The van der Waals surface area contributed by atoms with Crippen LogP contribution in [0, 0.1) is 12.7 Å². The van der Waals surface area contributed by atoms with E-state index >= 15 is 0 Å². The molecule has 112 valence electrons. The lowest BCUT2D eigenvalue weighted by atomic mass is 9.97. The van der Waals surface area contributed by atoms with E-state index in [0.29, 0.717) is 10.9 Å². The molecule has 1 atom stereocenters. The summed E-state index contributed by atoms with van der Waals surface area (Å²) in [5, 5.41) is 0. The predicted octanol–water partition coefficient (Wildman–Crippen LogP) is 3.90. The fourth-order valence-corrected chi connectivity index (χ4v) is 2.86. The lowest BCUT2D eigenvalue weighted by Gasteiger charge is -2.17. The minimum absolute atomic E-state index is 0.114. The van der Waals surface area contributed by atoms with Gasteiger partial charge in [0.25, 0.3) is 0 Å². The minimum Gasteiger partial charge on any atom is -0.271 e. The molecular weight excluding hydrogens is 331 g/mol. The summed E-state index contributed by atoms with van der Waals surface area (Å²) < 4.78 is 14.1. The van der Waals surface area contributed by atoms with Gasteiger partial charge in [-0.15, -0.1) is 0 Å². The Morgan fingerprint density at radius 2 is 1.86 bits per heavy atom. The first-order valence-corrected chi connectivity index (χ1v) is 7.84. The van der Waals surface area contributed by atoms with Crippen LogP contribution in [0.25, 0.3) is 0 Å². The minimum atomic E-state index is -0.234. The fraction of sp³-hybridized carbons (Fsp3) is 0.294. The van der Waals surface area contributed by atoms with Crippen LogP contribution >= 0.6 is 15.9 Å². The molecule has 3 N–H and O–H groups in total. The largest absolute Gasteiger partial charge is 0.271 e. The van der Waals surface area contributed by atoms with Crippen LogP contribution in [0.15, 0.2) is 46.9 Å². The van der Waals surface area contributed by atoms with Gasteiger partial charge in [0, 0.05) is 6.04 Å². The van der Waals surface area contributed by atoms with E-state index < -0.39 is 0 Å². The lowest BCUT2D eigenvalue weighted by Crippen LogP contribution is -2.37. The smallest absolute Gasteiger partial charge is 0.137 e. The zero-order valence-corrected chi connectivity index (χ0v) is 13.7. The number of benzene rings is 2. The molecule has 0 aromatic heterocycles. The summed E-state index contributed by atoms with van der Waals surface area (Å²) in [6, 6.07) is 13.6. The molecule has 0 radical (unpaired) electrons. The molecule has 0 bridgehead atoms. The molecule has 0 fully saturated rings. The Labute approximate surface area is 133 Å². The molecule has 0 saturated carbocycles. The van der Waals surface area contributed by atoms with E-state index in [9.17, 15) is 4.39 Å². The van der Waals surface area contributed by atoms with Gasteiger partial charge in [-0.25, -0.2) is 4.39 Å². The topological polar surface area (TPSA) is 38.0 Å². The normalized spacial score (nSPS) is 12.4. The summed E-state index contributed by atoms with van der Waals surface area (Å²) in [4.78, 5) is 0. The van der Waals surface area contributed by atoms with E-state index in [0.717, 1.165) is 18.4 Å². The van der Waals surface area contributed by atoms with Crippen molar-refractivity contribution in [1.29, 1.82) is 0 Å². The maximum atomic E-state index is 13.5. The Hall–Kier alpha value is -1.23. The number of hydrogen-bond acceptors (Lipinski definition) is 2. The molecular formula is C17H20BrFN2. The highest BCUT2D eigenvalue weighted by Gasteiger charge is 2.12. The Morgan fingerprint density at radius 1 is 1.14 bits per heavy atom. The highest BCUT2D eigenvalue weighted by molar-refractivity contribution is 9.10. The second-order valence-electron chi connectivity index (χ2n) is 5.25. The second kappa shape index (κ2) is 7.69. The average molecular weight is 351 g/mol. The summed E-state index contributed by atoms with van der Waals surface area (Å²) in [6.45, 7) is 2.11. The van der Waals surface area contributed by atoms with Crippen molar-refractivity contribution in [3.63, 3.8) is 0 Å². The summed E-state index contributed by atoms with van der Waals surface area (Å²) in [7, 11) is 0. The number of nitrogens with one attached hydrogen (secondary N) is 1. The van der Waals surface area contributed by atoms with Crippen LogP contribution in [0.5, 0.6) is 0 Å². The van der Waals surface area contributed by atoms with Crippen molar-refractivity contribution < 1.29 is 4.39 Å². The Kier molecular flexibility index (Phi) is 5.91. The van der Waals surface area contributed by atoms with Gasteiger partial charge in [-0.05, 0) is 64.9 Å². The van der Waals surface area contributed by atoms with Crippen LogP contribution in [-0.4, -0.2) is 6.04 Å². The first kappa shape index (κ1) is 16.1. The van der Waals surface area contributed by atoms with Crippen LogP contribution in [0.1, 0.15) is 23.1 Å². The SMILES string of the molecule is Cc1ccccc1CCC(Cc1cccc(F)c1Br)NN. The van der Waals surface area contributed by atoms with Crippen molar-refractivity contribution >= 4 is 15.9 Å². The summed E-state index contributed by atoms with van der Waals surface area (Å²) in [6.07, 6.45) is 2.56. The van der Waals surface area contributed by atoms with Crippen LogP contribution in [0.2, 0.25) is 0 Å². The van der Waals surface area contributed by atoms with Crippen molar-refractivity contribution in [3.05, 3.63) is 69.4 Å². The van der Waals surface area contributed by atoms with E-state index in [2.05, 4.69) is 46.5 Å². The van der Waals surface area contributed by atoms with Crippen LogP contribution in [0.3, 0.4) is 0 Å².